The molecule has 1 aliphatic heterocycles. The second-order valence-corrected chi connectivity index (χ2v) is 6.58. The van der Waals surface area contributed by atoms with Crippen molar-refractivity contribution in [1.29, 1.82) is 0 Å². The quantitative estimate of drug-likeness (QED) is 0.502. The highest BCUT2D eigenvalue weighted by molar-refractivity contribution is 5.99. The summed E-state index contributed by atoms with van der Waals surface area (Å²) in [5, 5.41) is 8.90. The molecule has 2 heterocycles. The highest BCUT2D eigenvalue weighted by Crippen LogP contribution is 2.20. The molecule has 0 saturated carbocycles. The van der Waals surface area contributed by atoms with Crippen molar-refractivity contribution in [1.82, 2.24) is 26.3 Å². The van der Waals surface area contributed by atoms with Crippen LogP contribution in [0.3, 0.4) is 0 Å². The summed E-state index contributed by atoms with van der Waals surface area (Å²) in [5.41, 5.74) is 10.2. The number of aryl methyl sites for hydroxylation is 1. The molecule has 1 aliphatic rings. The molecule has 0 atom stereocenters. The lowest BCUT2D eigenvalue weighted by atomic mass is 10.2. The molecule has 1 aromatic carbocycles. The first-order valence-electron chi connectivity index (χ1n) is 9.39. The number of nitrogens with one attached hydrogen (secondary N) is 3. The minimum absolute atomic E-state index is 0.189. The maximum absolute atomic E-state index is 12.0. The topological polar surface area (TPSA) is 120 Å². The lowest BCUT2D eigenvalue weighted by molar-refractivity contribution is 0.173. The van der Waals surface area contributed by atoms with Crippen LogP contribution in [0.5, 0.6) is 11.6 Å². The average Bonchev–Trinajstić information content (AvgIpc) is 2.75. The number of nitrogens with zero attached hydrogens (tertiary/aromatic N) is 4. The zero-order chi connectivity index (χ0) is 21.5. The molecule has 0 fully saturated rings. The first kappa shape index (κ1) is 20.8. The van der Waals surface area contributed by atoms with Crippen molar-refractivity contribution in [3.63, 3.8) is 0 Å². The molecule has 3 N–H and O–H groups in total. The summed E-state index contributed by atoms with van der Waals surface area (Å²) in [4.78, 5) is 27.9. The van der Waals surface area contributed by atoms with Crippen LogP contribution < -0.4 is 21.0 Å². The van der Waals surface area contributed by atoms with Crippen molar-refractivity contribution in [2.75, 3.05) is 6.54 Å². The lowest BCUT2D eigenvalue weighted by Crippen LogP contribution is -2.56. The number of carbonyl (C=O) groups is 2. The SMILES string of the molecule is CCc1ccc(Oc2ccc(/C(C)=N/NC(=O)NN3CC(C)=NNC3=O)cn2)cc1. The number of hydrogen-bond acceptors (Lipinski definition) is 6. The number of ether oxygens (including phenoxy) is 1. The van der Waals surface area contributed by atoms with Gasteiger partial charge in [0, 0.05) is 17.8 Å². The number of hydrogen-bond donors (Lipinski definition) is 3. The van der Waals surface area contributed by atoms with Crippen molar-refractivity contribution >= 4 is 23.5 Å². The second-order valence-electron chi connectivity index (χ2n) is 6.58. The molecule has 0 saturated heterocycles. The van der Waals surface area contributed by atoms with Gasteiger partial charge in [0.1, 0.15) is 5.75 Å². The molecule has 4 amide bonds. The van der Waals surface area contributed by atoms with E-state index in [1.165, 1.54) is 5.56 Å². The van der Waals surface area contributed by atoms with E-state index in [0.29, 0.717) is 28.6 Å². The van der Waals surface area contributed by atoms with E-state index >= 15 is 0 Å². The van der Waals surface area contributed by atoms with Gasteiger partial charge in [-0.1, -0.05) is 19.1 Å². The van der Waals surface area contributed by atoms with Crippen molar-refractivity contribution in [3.8, 4) is 11.6 Å². The van der Waals surface area contributed by atoms with Crippen LogP contribution in [-0.2, 0) is 6.42 Å². The Labute approximate surface area is 174 Å². The van der Waals surface area contributed by atoms with E-state index in [1.54, 1.807) is 32.2 Å². The Morgan fingerprint density at radius 3 is 2.70 bits per heavy atom. The Bertz CT molecular complexity index is 969. The first-order chi connectivity index (χ1) is 14.4. The predicted molar refractivity (Wildman–Crippen MR) is 112 cm³/mol. The molecule has 0 bridgehead atoms. The van der Waals surface area contributed by atoms with E-state index < -0.39 is 12.1 Å². The summed E-state index contributed by atoms with van der Waals surface area (Å²) >= 11 is 0. The Hall–Kier alpha value is -3.95. The van der Waals surface area contributed by atoms with E-state index in [9.17, 15) is 9.59 Å². The fraction of sp³-hybridized carbons (Fsp3) is 0.250. The highest BCUT2D eigenvalue weighted by atomic mass is 16.5. The van der Waals surface area contributed by atoms with Crippen molar-refractivity contribution in [2.24, 2.45) is 10.2 Å². The third-order valence-electron chi connectivity index (χ3n) is 4.24. The van der Waals surface area contributed by atoms with E-state index in [2.05, 4.69) is 38.4 Å². The number of urea groups is 2. The molecule has 10 nitrogen and oxygen atoms in total. The Morgan fingerprint density at radius 2 is 2.03 bits per heavy atom. The van der Waals surface area contributed by atoms with E-state index in [1.807, 2.05) is 24.3 Å². The molecule has 0 unspecified atom stereocenters. The van der Waals surface area contributed by atoms with Gasteiger partial charge in [-0.05, 0) is 44.0 Å². The number of rotatable bonds is 6. The second kappa shape index (κ2) is 9.50. The van der Waals surface area contributed by atoms with Crippen LogP contribution in [0.25, 0.3) is 0 Å². The summed E-state index contributed by atoms with van der Waals surface area (Å²) in [6, 6.07) is 10.2. The van der Waals surface area contributed by atoms with Crippen LogP contribution in [-0.4, -0.2) is 40.0 Å². The summed E-state index contributed by atoms with van der Waals surface area (Å²) in [6.45, 7) is 5.74. The van der Waals surface area contributed by atoms with Crippen molar-refractivity contribution in [2.45, 2.75) is 27.2 Å². The van der Waals surface area contributed by atoms with Gasteiger partial charge in [-0.3, -0.25) is 0 Å². The number of hydrazine groups is 1. The third-order valence-corrected chi connectivity index (χ3v) is 4.24. The molecule has 156 valence electrons. The van der Waals surface area contributed by atoms with Gasteiger partial charge in [-0.15, -0.1) is 0 Å². The molecule has 0 radical (unpaired) electrons. The molecule has 3 rings (SSSR count). The van der Waals surface area contributed by atoms with E-state index in [4.69, 9.17) is 4.74 Å². The van der Waals surface area contributed by atoms with Crippen LogP contribution in [0.1, 0.15) is 31.9 Å². The fourth-order valence-corrected chi connectivity index (χ4v) is 2.55. The Balaban J connectivity index is 1.54. The fourth-order valence-electron chi connectivity index (χ4n) is 2.55. The average molecular weight is 409 g/mol. The zero-order valence-electron chi connectivity index (χ0n) is 17.0. The van der Waals surface area contributed by atoms with Crippen LogP contribution in [0.4, 0.5) is 9.59 Å². The molecule has 2 aromatic rings. The number of pyridine rings is 1. The maximum Gasteiger partial charge on any atom is 0.356 e. The largest absolute Gasteiger partial charge is 0.439 e. The van der Waals surface area contributed by atoms with E-state index in [-0.39, 0.29) is 6.54 Å². The standard InChI is InChI=1S/C20H23N7O3/c1-4-15-5-8-17(9-6-15)30-18-10-7-16(11-21-18)14(3)23-24-19(28)26-27-12-13(2)22-25-20(27)29/h5-11H,4,12H2,1-3H3,(H,25,29)(H2,24,26,28)/b23-14+. The highest BCUT2D eigenvalue weighted by Gasteiger charge is 2.20. The summed E-state index contributed by atoms with van der Waals surface area (Å²) < 4.78 is 5.73. The van der Waals surface area contributed by atoms with Crippen LogP contribution in [0, 0.1) is 0 Å². The number of amides is 4. The minimum Gasteiger partial charge on any atom is -0.439 e. The smallest absolute Gasteiger partial charge is 0.356 e. The molecular weight excluding hydrogens is 386 g/mol. The number of carbonyl (C=O) groups excluding carboxylic acids is 2. The summed E-state index contributed by atoms with van der Waals surface area (Å²) in [7, 11) is 0. The predicted octanol–water partition coefficient (Wildman–Crippen LogP) is 2.78. The summed E-state index contributed by atoms with van der Waals surface area (Å²) in [5.74, 6) is 1.16. The van der Waals surface area contributed by atoms with Crippen molar-refractivity contribution < 1.29 is 14.3 Å². The van der Waals surface area contributed by atoms with E-state index in [0.717, 1.165) is 11.4 Å². The minimum atomic E-state index is -0.650. The first-order valence-corrected chi connectivity index (χ1v) is 9.39. The zero-order valence-corrected chi connectivity index (χ0v) is 17.0. The Morgan fingerprint density at radius 1 is 1.27 bits per heavy atom. The molecular formula is C20H23N7O3. The molecule has 10 heteroatoms. The van der Waals surface area contributed by atoms with Gasteiger partial charge in [0.15, 0.2) is 0 Å². The third kappa shape index (κ3) is 5.53. The van der Waals surface area contributed by atoms with Gasteiger partial charge >= 0.3 is 12.1 Å². The summed E-state index contributed by atoms with van der Waals surface area (Å²) in [6.07, 6.45) is 2.57. The molecule has 30 heavy (non-hydrogen) atoms. The number of benzene rings is 1. The lowest BCUT2D eigenvalue weighted by Gasteiger charge is -2.25. The van der Waals surface area contributed by atoms with Gasteiger partial charge in [0.05, 0.1) is 18.0 Å². The van der Waals surface area contributed by atoms with Crippen LogP contribution >= 0.6 is 0 Å². The normalized spacial score (nSPS) is 14.0. The van der Waals surface area contributed by atoms with Crippen molar-refractivity contribution in [3.05, 3.63) is 53.7 Å². The number of aromatic nitrogens is 1. The van der Waals surface area contributed by atoms with Gasteiger partial charge in [0.25, 0.3) is 0 Å². The molecule has 0 spiro atoms. The monoisotopic (exact) mass is 409 g/mol. The van der Waals surface area contributed by atoms with Crippen LogP contribution in [0.15, 0.2) is 52.8 Å². The van der Waals surface area contributed by atoms with Gasteiger partial charge in [-0.2, -0.15) is 10.2 Å². The molecule has 1 aromatic heterocycles. The van der Waals surface area contributed by atoms with Gasteiger partial charge in [0.2, 0.25) is 5.88 Å². The Kier molecular flexibility index (Phi) is 6.58. The van der Waals surface area contributed by atoms with Gasteiger partial charge in [-0.25, -0.2) is 35.9 Å². The number of hydrazone groups is 2. The maximum atomic E-state index is 12.0. The van der Waals surface area contributed by atoms with Gasteiger partial charge < -0.3 is 4.74 Å². The van der Waals surface area contributed by atoms with Crippen LogP contribution in [0.2, 0.25) is 0 Å². The molecule has 0 aliphatic carbocycles.